The van der Waals surface area contributed by atoms with Gasteiger partial charge in [0.25, 0.3) is 5.56 Å². The van der Waals surface area contributed by atoms with Gasteiger partial charge in [0.05, 0.1) is 6.61 Å². The van der Waals surface area contributed by atoms with Crippen LogP contribution in [0.3, 0.4) is 0 Å². The molecule has 0 radical (unpaired) electrons. The third-order valence-corrected chi connectivity index (χ3v) is 3.79. The Labute approximate surface area is 144 Å². The van der Waals surface area contributed by atoms with Gasteiger partial charge in [0.15, 0.2) is 0 Å². The topological polar surface area (TPSA) is 65.9 Å². The van der Waals surface area contributed by atoms with E-state index in [1.54, 1.807) is 48.5 Å². The third-order valence-electron chi connectivity index (χ3n) is 3.79. The van der Waals surface area contributed by atoms with E-state index in [4.69, 9.17) is 4.74 Å². The molecule has 0 aliphatic rings. The van der Waals surface area contributed by atoms with Crippen molar-refractivity contribution in [3.05, 3.63) is 76.3 Å². The molecular formula is C20H15FN2O2. The first-order valence-electron chi connectivity index (χ1n) is 7.79. The van der Waals surface area contributed by atoms with Crippen LogP contribution in [0.5, 0.6) is 5.75 Å². The molecule has 1 N–H and O–H groups in total. The molecule has 3 aromatic rings. The minimum Gasteiger partial charge on any atom is -0.494 e. The second-order valence-electron chi connectivity index (χ2n) is 5.35. The predicted octanol–water partition coefficient (Wildman–Crippen LogP) is 4.12. The van der Waals surface area contributed by atoms with Crippen molar-refractivity contribution in [1.29, 1.82) is 5.26 Å². The number of hydrogen-bond donors (Lipinski definition) is 1. The van der Waals surface area contributed by atoms with E-state index in [-0.39, 0.29) is 16.7 Å². The van der Waals surface area contributed by atoms with Crippen molar-refractivity contribution in [2.45, 2.75) is 6.92 Å². The minimum absolute atomic E-state index is 0.111. The molecule has 0 fully saturated rings. The number of halogens is 1. The van der Waals surface area contributed by atoms with Crippen LogP contribution in [0.1, 0.15) is 12.5 Å². The van der Waals surface area contributed by atoms with Crippen LogP contribution < -0.4 is 10.3 Å². The van der Waals surface area contributed by atoms with E-state index in [1.807, 2.05) is 13.0 Å². The molecule has 0 saturated heterocycles. The molecule has 25 heavy (non-hydrogen) atoms. The van der Waals surface area contributed by atoms with Gasteiger partial charge < -0.3 is 9.72 Å². The Kier molecular flexibility index (Phi) is 4.62. The van der Waals surface area contributed by atoms with Crippen molar-refractivity contribution in [1.82, 2.24) is 4.98 Å². The molecule has 1 aromatic heterocycles. The first-order valence-corrected chi connectivity index (χ1v) is 7.79. The largest absolute Gasteiger partial charge is 0.494 e. The second kappa shape index (κ2) is 7.02. The van der Waals surface area contributed by atoms with Gasteiger partial charge in [-0.3, -0.25) is 4.79 Å². The average molecular weight is 334 g/mol. The highest BCUT2D eigenvalue weighted by Crippen LogP contribution is 2.28. The van der Waals surface area contributed by atoms with Gasteiger partial charge in [0.1, 0.15) is 23.2 Å². The average Bonchev–Trinajstić information content (AvgIpc) is 2.62. The Morgan fingerprint density at radius 1 is 1.12 bits per heavy atom. The molecule has 0 unspecified atom stereocenters. The molecule has 5 heteroatoms. The Balaban J connectivity index is 2.16. The molecule has 124 valence electrons. The van der Waals surface area contributed by atoms with Crippen LogP contribution >= 0.6 is 0 Å². The van der Waals surface area contributed by atoms with E-state index in [0.717, 1.165) is 11.3 Å². The summed E-state index contributed by atoms with van der Waals surface area (Å²) < 4.78 is 19.6. The molecule has 0 aliphatic heterocycles. The number of H-pyrrole nitrogens is 1. The van der Waals surface area contributed by atoms with E-state index in [2.05, 4.69) is 4.98 Å². The summed E-state index contributed by atoms with van der Waals surface area (Å²) in [5, 5.41) is 9.30. The van der Waals surface area contributed by atoms with Crippen molar-refractivity contribution in [3.8, 4) is 34.2 Å². The van der Waals surface area contributed by atoms with Crippen LogP contribution in [0.15, 0.2) is 59.4 Å². The summed E-state index contributed by atoms with van der Waals surface area (Å²) in [7, 11) is 0. The predicted molar refractivity (Wildman–Crippen MR) is 93.8 cm³/mol. The number of hydrogen-bond acceptors (Lipinski definition) is 3. The number of aromatic nitrogens is 1. The summed E-state index contributed by atoms with van der Waals surface area (Å²) >= 11 is 0. The van der Waals surface area contributed by atoms with E-state index in [1.165, 1.54) is 6.07 Å². The Bertz CT molecular complexity index is 1000. The monoisotopic (exact) mass is 334 g/mol. The van der Waals surface area contributed by atoms with Gasteiger partial charge in [-0.05, 0) is 48.9 Å². The molecule has 3 rings (SSSR count). The highest BCUT2D eigenvalue weighted by Gasteiger charge is 2.15. The second-order valence-corrected chi connectivity index (χ2v) is 5.35. The number of aromatic amines is 1. The SMILES string of the molecule is CCOc1ccc(-c2cc(-c3ccccc3F)c(C#N)c(=O)[nH]2)cc1. The van der Waals surface area contributed by atoms with Gasteiger partial charge in [-0.1, -0.05) is 18.2 Å². The zero-order valence-electron chi connectivity index (χ0n) is 13.5. The molecular weight excluding hydrogens is 319 g/mol. The number of nitrogens with one attached hydrogen (secondary N) is 1. The third kappa shape index (κ3) is 3.29. The van der Waals surface area contributed by atoms with Crippen molar-refractivity contribution < 1.29 is 9.13 Å². The maximum atomic E-state index is 14.2. The van der Waals surface area contributed by atoms with E-state index in [9.17, 15) is 14.4 Å². The number of nitriles is 1. The lowest BCUT2D eigenvalue weighted by Crippen LogP contribution is -2.13. The highest BCUT2D eigenvalue weighted by atomic mass is 19.1. The summed E-state index contributed by atoms with van der Waals surface area (Å²) in [4.78, 5) is 15.0. The molecule has 0 bridgehead atoms. The standard InChI is InChI=1S/C20H15FN2O2/c1-2-25-14-9-7-13(8-10-14)19-11-16(17(12-22)20(24)23-19)15-5-3-4-6-18(15)21/h3-11H,2H2,1H3,(H,23,24). The molecule has 4 nitrogen and oxygen atoms in total. The van der Waals surface area contributed by atoms with Gasteiger partial charge in [0, 0.05) is 16.8 Å². The van der Waals surface area contributed by atoms with Crippen molar-refractivity contribution in [2.24, 2.45) is 0 Å². The fraction of sp³-hybridized carbons (Fsp3) is 0.100. The maximum absolute atomic E-state index is 14.2. The lowest BCUT2D eigenvalue weighted by atomic mass is 9.98. The van der Waals surface area contributed by atoms with Crippen molar-refractivity contribution in [2.75, 3.05) is 6.61 Å². The summed E-state index contributed by atoms with van der Waals surface area (Å²) in [5.41, 5.74) is 1.07. The molecule has 0 saturated carbocycles. The first kappa shape index (κ1) is 16.5. The minimum atomic E-state index is -0.549. The van der Waals surface area contributed by atoms with Crippen LogP contribution in [0.2, 0.25) is 0 Å². The normalized spacial score (nSPS) is 10.3. The zero-order chi connectivity index (χ0) is 17.8. The number of benzene rings is 2. The number of ether oxygens (including phenoxy) is 1. The molecule has 2 aromatic carbocycles. The van der Waals surface area contributed by atoms with E-state index >= 15 is 0 Å². The van der Waals surface area contributed by atoms with Crippen molar-refractivity contribution in [3.63, 3.8) is 0 Å². The van der Waals surface area contributed by atoms with Crippen LogP contribution in [-0.4, -0.2) is 11.6 Å². The van der Waals surface area contributed by atoms with Gasteiger partial charge in [-0.2, -0.15) is 5.26 Å². The van der Waals surface area contributed by atoms with Gasteiger partial charge in [-0.25, -0.2) is 4.39 Å². The number of rotatable bonds is 4. The van der Waals surface area contributed by atoms with Gasteiger partial charge in [0.2, 0.25) is 0 Å². The van der Waals surface area contributed by atoms with Crippen LogP contribution in [-0.2, 0) is 0 Å². The van der Waals surface area contributed by atoms with Gasteiger partial charge >= 0.3 is 0 Å². The Hall–Kier alpha value is -3.39. The highest BCUT2D eigenvalue weighted by molar-refractivity contribution is 5.75. The summed E-state index contributed by atoms with van der Waals surface area (Å²) in [6.45, 7) is 2.46. The Morgan fingerprint density at radius 3 is 2.48 bits per heavy atom. The summed E-state index contributed by atoms with van der Waals surface area (Å²) in [6.07, 6.45) is 0. The van der Waals surface area contributed by atoms with Crippen molar-refractivity contribution >= 4 is 0 Å². The quantitative estimate of drug-likeness (QED) is 0.780. The fourth-order valence-corrected chi connectivity index (χ4v) is 2.62. The van der Waals surface area contributed by atoms with Crippen LogP contribution in [0.4, 0.5) is 4.39 Å². The molecule has 0 spiro atoms. The summed E-state index contributed by atoms with van der Waals surface area (Å²) in [6, 6.07) is 16.7. The maximum Gasteiger partial charge on any atom is 0.266 e. The van der Waals surface area contributed by atoms with Crippen LogP contribution in [0, 0.1) is 17.1 Å². The molecule has 0 amide bonds. The van der Waals surface area contributed by atoms with E-state index < -0.39 is 11.4 Å². The lowest BCUT2D eigenvalue weighted by Gasteiger charge is -2.09. The molecule has 0 aliphatic carbocycles. The lowest BCUT2D eigenvalue weighted by molar-refractivity contribution is 0.340. The smallest absolute Gasteiger partial charge is 0.266 e. The summed E-state index contributed by atoms with van der Waals surface area (Å²) in [5.74, 6) is 0.235. The zero-order valence-corrected chi connectivity index (χ0v) is 13.5. The number of pyridine rings is 1. The molecule has 0 atom stereocenters. The number of nitrogens with zero attached hydrogens (tertiary/aromatic N) is 1. The van der Waals surface area contributed by atoms with Crippen LogP contribution in [0.25, 0.3) is 22.4 Å². The van der Waals surface area contributed by atoms with Gasteiger partial charge in [-0.15, -0.1) is 0 Å². The first-order chi connectivity index (χ1) is 12.1. The molecule has 1 heterocycles. The van der Waals surface area contributed by atoms with E-state index in [0.29, 0.717) is 12.3 Å². The Morgan fingerprint density at radius 2 is 1.84 bits per heavy atom. The fourth-order valence-electron chi connectivity index (χ4n) is 2.62.